The molecule has 0 bridgehead atoms. The lowest BCUT2D eigenvalue weighted by Crippen LogP contribution is -1.89. The normalized spacial score (nSPS) is 12.2. The van der Waals surface area contributed by atoms with Crippen LogP contribution in [0.15, 0.2) is 89.6 Å². The SMILES string of the molecule is Cn1c2ccc(Cc3cn4ccccc4n3)cc2c2cc3oc4ccccc4c3cc21. The van der Waals surface area contributed by atoms with Gasteiger partial charge in [-0.1, -0.05) is 30.3 Å². The fraction of sp³-hybridized carbons (Fsp3) is 0.0741. The summed E-state index contributed by atoms with van der Waals surface area (Å²) in [6.45, 7) is 0. The van der Waals surface area contributed by atoms with Gasteiger partial charge in [-0.05, 0) is 48.0 Å². The molecule has 3 aromatic carbocycles. The zero-order chi connectivity index (χ0) is 20.5. The van der Waals surface area contributed by atoms with Crippen molar-refractivity contribution in [3.8, 4) is 0 Å². The third kappa shape index (κ3) is 2.39. The maximum absolute atomic E-state index is 6.16. The van der Waals surface area contributed by atoms with Crippen LogP contribution in [0.2, 0.25) is 0 Å². The number of hydrogen-bond acceptors (Lipinski definition) is 2. The van der Waals surface area contributed by atoms with E-state index in [0.717, 1.165) is 34.3 Å². The highest BCUT2D eigenvalue weighted by molar-refractivity contribution is 6.16. The first-order chi connectivity index (χ1) is 15.2. The van der Waals surface area contributed by atoms with Crippen molar-refractivity contribution < 1.29 is 4.42 Å². The Morgan fingerprint density at radius 1 is 0.774 bits per heavy atom. The summed E-state index contributed by atoms with van der Waals surface area (Å²) >= 11 is 0. The van der Waals surface area contributed by atoms with E-state index in [4.69, 9.17) is 9.40 Å². The lowest BCUT2D eigenvalue weighted by Gasteiger charge is -2.01. The van der Waals surface area contributed by atoms with Crippen LogP contribution in [0.3, 0.4) is 0 Å². The van der Waals surface area contributed by atoms with E-state index in [1.165, 1.54) is 32.8 Å². The molecule has 7 rings (SSSR count). The Bertz CT molecular complexity index is 1750. The fourth-order valence-electron chi connectivity index (χ4n) is 4.87. The van der Waals surface area contributed by atoms with E-state index in [0.29, 0.717) is 0 Å². The predicted molar refractivity (Wildman–Crippen MR) is 126 cm³/mol. The molecule has 7 aromatic rings. The average molecular weight is 401 g/mol. The molecule has 4 heteroatoms. The number of furan rings is 1. The van der Waals surface area contributed by atoms with Gasteiger partial charge in [0.05, 0.1) is 5.69 Å². The third-order valence-corrected chi connectivity index (χ3v) is 6.37. The van der Waals surface area contributed by atoms with Gasteiger partial charge in [-0.25, -0.2) is 4.98 Å². The molecular formula is C27H19N3O. The number of para-hydroxylation sites is 1. The first-order valence-corrected chi connectivity index (χ1v) is 10.5. The molecule has 0 spiro atoms. The lowest BCUT2D eigenvalue weighted by molar-refractivity contribution is 0.669. The number of rotatable bonds is 2. The van der Waals surface area contributed by atoms with Crippen LogP contribution in [0.4, 0.5) is 0 Å². The lowest BCUT2D eigenvalue weighted by atomic mass is 10.0. The monoisotopic (exact) mass is 401 g/mol. The van der Waals surface area contributed by atoms with E-state index in [-0.39, 0.29) is 0 Å². The minimum atomic E-state index is 0.806. The van der Waals surface area contributed by atoms with E-state index in [9.17, 15) is 0 Å². The maximum Gasteiger partial charge on any atom is 0.136 e. The number of hydrogen-bond donors (Lipinski definition) is 0. The predicted octanol–water partition coefficient (Wildman–Crippen LogP) is 6.47. The van der Waals surface area contributed by atoms with Gasteiger partial charge in [0.25, 0.3) is 0 Å². The summed E-state index contributed by atoms with van der Waals surface area (Å²) in [4.78, 5) is 4.76. The molecule has 31 heavy (non-hydrogen) atoms. The third-order valence-electron chi connectivity index (χ3n) is 6.37. The van der Waals surface area contributed by atoms with E-state index in [2.05, 4.69) is 64.7 Å². The van der Waals surface area contributed by atoms with Gasteiger partial charge in [0, 0.05) is 58.4 Å². The van der Waals surface area contributed by atoms with Crippen LogP contribution in [0.25, 0.3) is 49.4 Å². The zero-order valence-electron chi connectivity index (χ0n) is 17.0. The fourth-order valence-corrected chi connectivity index (χ4v) is 4.87. The van der Waals surface area contributed by atoms with Gasteiger partial charge in [0.1, 0.15) is 16.8 Å². The molecule has 0 unspecified atom stereocenters. The smallest absolute Gasteiger partial charge is 0.136 e. The molecule has 0 aliphatic heterocycles. The summed E-state index contributed by atoms with van der Waals surface area (Å²) in [5.41, 5.74) is 7.64. The van der Waals surface area contributed by atoms with Crippen molar-refractivity contribution in [1.29, 1.82) is 0 Å². The standard InChI is InChI=1S/C27H19N3O/c1-29-23-10-9-17(12-18-16-30-11-5-4-8-27(30)28-18)13-20(23)21-15-26-22(14-24(21)29)19-6-2-3-7-25(19)31-26/h2-11,13-16H,12H2,1H3. The van der Waals surface area contributed by atoms with Gasteiger partial charge in [0.15, 0.2) is 0 Å². The number of aromatic nitrogens is 3. The van der Waals surface area contributed by atoms with Gasteiger partial charge < -0.3 is 13.4 Å². The largest absolute Gasteiger partial charge is 0.456 e. The van der Waals surface area contributed by atoms with Crippen molar-refractivity contribution in [1.82, 2.24) is 14.0 Å². The Balaban J connectivity index is 1.42. The van der Waals surface area contributed by atoms with Crippen molar-refractivity contribution in [2.24, 2.45) is 7.05 Å². The molecule has 0 N–H and O–H groups in total. The Morgan fingerprint density at radius 2 is 1.65 bits per heavy atom. The second-order valence-electron chi connectivity index (χ2n) is 8.25. The van der Waals surface area contributed by atoms with Crippen LogP contribution in [0.5, 0.6) is 0 Å². The van der Waals surface area contributed by atoms with Crippen molar-refractivity contribution in [3.63, 3.8) is 0 Å². The molecule has 0 atom stereocenters. The van der Waals surface area contributed by atoms with E-state index in [1.54, 1.807) is 0 Å². The van der Waals surface area contributed by atoms with Crippen LogP contribution < -0.4 is 0 Å². The highest BCUT2D eigenvalue weighted by atomic mass is 16.3. The summed E-state index contributed by atoms with van der Waals surface area (Å²) < 4.78 is 10.5. The number of pyridine rings is 1. The molecular weight excluding hydrogens is 382 g/mol. The van der Waals surface area contributed by atoms with Crippen molar-refractivity contribution in [2.75, 3.05) is 0 Å². The Kier molecular flexibility index (Phi) is 3.23. The van der Waals surface area contributed by atoms with Crippen molar-refractivity contribution in [2.45, 2.75) is 6.42 Å². The summed E-state index contributed by atoms with van der Waals surface area (Å²) in [5, 5.41) is 4.80. The van der Waals surface area contributed by atoms with Gasteiger partial charge in [0.2, 0.25) is 0 Å². The number of aryl methyl sites for hydroxylation is 1. The van der Waals surface area contributed by atoms with Gasteiger partial charge in [-0.2, -0.15) is 0 Å². The Morgan fingerprint density at radius 3 is 2.58 bits per heavy atom. The number of nitrogens with zero attached hydrogens (tertiary/aromatic N) is 3. The first kappa shape index (κ1) is 16.7. The zero-order valence-corrected chi connectivity index (χ0v) is 17.0. The number of fused-ring (bicyclic) bond motifs is 7. The summed E-state index contributed by atoms with van der Waals surface area (Å²) in [6, 6.07) is 25.5. The molecule has 0 saturated heterocycles. The second-order valence-corrected chi connectivity index (χ2v) is 8.25. The maximum atomic E-state index is 6.16. The quantitative estimate of drug-likeness (QED) is 0.333. The van der Waals surface area contributed by atoms with E-state index < -0.39 is 0 Å². The van der Waals surface area contributed by atoms with Crippen LogP contribution >= 0.6 is 0 Å². The van der Waals surface area contributed by atoms with Crippen LogP contribution in [0, 0.1) is 0 Å². The highest BCUT2D eigenvalue weighted by Crippen LogP contribution is 2.36. The Hall–Kier alpha value is -4.05. The molecule has 0 radical (unpaired) electrons. The second kappa shape index (κ2) is 5.99. The van der Waals surface area contributed by atoms with Crippen molar-refractivity contribution >= 4 is 49.4 Å². The molecule has 0 aliphatic rings. The van der Waals surface area contributed by atoms with Crippen LogP contribution in [-0.4, -0.2) is 14.0 Å². The highest BCUT2D eigenvalue weighted by Gasteiger charge is 2.14. The van der Waals surface area contributed by atoms with Crippen LogP contribution in [-0.2, 0) is 13.5 Å². The first-order valence-electron chi connectivity index (χ1n) is 10.5. The van der Waals surface area contributed by atoms with Gasteiger partial charge in [-0.15, -0.1) is 0 Å². The molecule has 148 valence electrons. The van der Waals surface area contributed by atoms with E-state index in [1.807, 2.05) is 36.5 Å². The molecule has 4 nitrogen and oxygen atoms in total. The molecule has 4 aromatic heterocycles. The summed E-state index contributed by atoms with van der Waals surface area (Å²) in [7, 11) is 2.14. The number of benzene rings is 3. The minimum Gasteiger partial charge on any atom is -0.456 e. The van der Waals surface area contributed by atoms with Gasteiger partial charge in [-0.3, -0.25) is 0 Å². The minimum absolute atomic E-state index is 0.806. The topological polar surface area (TPSA) is 35.4 Å². The van der Waals surface area contributed by atoms with Crippen LogP contribution in [0.1, 0.15) is 11.3 Å². The molecule has 0 fully saturated rings. The summed E-state index contributed by atoms with van der Waals surface area (Å²) in [5.74, 6) is 0. The molecule has 0 saturated carbocycles. The average Bonchev–Trinajstić information content (AvgIpc) is 3.44. The Labute approximate surface area is 177 Å². The molecule has 0 amide bonds. The van der Waals surface area contributed by atoms with Crippen molar-refractivity contribution in [3.05, 3.63) is 96.4 Å². The molecule has 0 aliphatic carbocycles. The van der Waals surface area contributed by atoms with Gasteiger partial charge >= 0.3 is 0 Å². The van der Waals surface area contributed by atoms with E-state index >= 15 is 0 Å². The number of imidazole rings is 1. The summed E-state index contributed by atoms with van der Waals surface area (Å²) in [6.07, 6.45) is 4.96. The molecule has 4 heterocycles.